The number of nitrogens with zero attached hydrogens (tertiary/aromatic N) is 2. The van der Waals surface area contributed by atoms with Crippen molar-refractivity contribution in [2.24, 2.45) is 0 Å². The van der Waals surface area contributed by atoms with Crippen molar-refractivity contribution in [1.82, 2.24) is 15.3 Å². The number of fused-ring (bicyclic) bond motifs is 1. The molecule has 3 nitrogen and oxygen atoms in total. The first-order valence-electron chi connectivity index (χ1n) is 6.96. The first-order chi connectivity index (χ1) is 10.3. The van der Waals surface area contributed by atoms with Gasteiger partial charge in [0, 0.05) is 22.0 Å². The normalized spacial score (nSPS) is 12.7. The number of rotatable bonds is 5. The fourth-order valence-corrected chi connectivity index (χ4v) is 3.41. The van der Waals surface area contributed by atoms with Gasteiger partial charge in [-0.1, -0.05) is 6.92 Å². The molecule has 1 aromatic carbocycles. The fourth-order valence-electron chi connectivity index (χ4n) is 2.28. The van der Waals surface area contributed by atoms with E-state index in [-0.39, 0.29) is 11.9 Å². The van der Waals surface area contributed by atoms with Crippen molar-refractivity contribution >= 4 is 21.4 Å². The number of aromatic nitrogens is 2. The summed E-state index contributed by atoms with van der Waals surface area (Å²) in [4.78, 5) is 9.68. The highest BCUT2D eigenvalue weighted by Crippen LogP contribution is 2.32. The Kier molecular flexibility index (Phi) is 4.22. The zero-order valence-corrected chi connectivity index (χ0v) is 12.5. The van der Waals surface area contributed by atoms with Gasteiger partial charge in [0.1, 0.15) is 5.82 Å². The molecule has 0 fully saturated rings. The van der Waals surface area contributed by atoms with Crippen LogP contribution < -0.4 is 5.32 Å². The Bertz CT molecular complexity index is 727. The summed E-state index contributed by atoms with van der Waals surface area (Å²) in [7, 11) is 0. The van der Waals surface area contributed by atoms with Gasteiger partial charge in [-0.3, -0.25) is 9.97 Å². The Morgan fingerprint density at radius 2 is 2.19 bits per heavy atom. The zero-order chi connectivity index (χ0) is 14.7. The quantitative estimate of drug-likeness (QED) is 0.776. The van der Waals surface area contributed by atoms with Gasteiger partial charge in [-0.15, -0.1) is 11.3 Å². The minimum atomic E-state index is -0.204. The molecule has 0 radical (unpaired) electrons. The Morgan fingerprint density at radius 3 is 2.95 bits per heavy atom. The van der Waals surface area contributed by atoms with Crippen LogP contribution in [0.2, 0.25) is 0 Å². The largest absolute Gasteiger partial charge is 0.304 e. The highest BCUT2D eigenvalue weighted by Gasteiger charge is 2.17. The highest BCUT2D eigenvalue weighted by atomic mass is 32.1. The van der Waals surface area contributed by atoms with Gasteiger partial charge in [-0.05, 0) is 42.6 Å². The van der Waals surface area contributed by atoms with Crippen LogP contribution in [0.3, 0.4) is 0 Å². The molecule has 21 heavy (non-hydrogen) atoms. The van der Waals surface area contributed by atoms with E-state index in [1.807, 2.05) is 12.1 Å². The molecule has 0 aliphatic carbocycles. The van der Waals surface area contributed by atoms with E-state index in [0.29, 0.717) is 0 Å². The number of thiophene rings is 1. The van der Waals surface area contributed by atoms with Crippen LogP contribution in [-0.4, -0.2) is 16.5 Å². The molecule has 3 rings (SSSR count). The second-order valence-electron chi connectivity index (χ2n) is 4.85. The molecule has 0 saturated heterocycles. The van der Waals surface area contributed by atoms with E-state index >= 15 is 0 Å². The first-order valence-corrected chi connectivity index (χ1v) is 7.78. The lowest BCUT2D eigenvalue weighted by molar-refractivity contribution is 0.591. The molecular weight excluding hydrogens is 285 g/mol. The van der Waals surface area contributed by atoms with Crippen molar-refractivity contribution in [3.63, 3.8) is 0 Å². The van der Waals surface area contributed by atoms with Gasteiger partial charge < -0.3 is 5.32 Å². The molecular formula is C16H16FN3S. The van der Waals surface area contributed by atoms with E-state index in [1.54, 1.807) is 36.0 Å². The Hall–Kier alpha value is -1.85. The van der Waals surface area contributed by atoms with Crippen LogP contribution in [0.5, 0.6) is 0 Å². The van der Waals surface area contributed by atoms with Crippen LogP contribution in [0.15, 0.2) is 42.9 Å². The third-order valence-corrected chi connectivity index (χ3v) is 4.44. The summed E-state index contributed by atoms with van der Waals surface area (Å²) in [6.07, 6.45) is 6.18. The molecule has 2 aromatic heterocycles. The lowest BCUT2D eigenvalue weighted by Gasteiger charge is -2.15. The van der Waals surface area contributed by atoms with E-state index in [4.69, 9.17) is 0 Å². The molecule has 5 heteroatoms. The summed E-state index contributed by atoms with van der Waals surface area (Å²) in [6.45, 7) is 3.02. The highest BCUT2D eigenvalue weighted by molar-refractivity contribution is 7.19. The van der Waals surface area contributed by atoms with Gasteiger partial charge in [0.15, 0.2) is 0 Å². The maximum atomic E-state index is 13.3. The number of nitrogens with one attached hydrogen (secondary N) is 1. The number of hydrogen-bond donors (Lipinski definition) is 1. The minimum absolute atomic E-state index is 0.000823. The molecule has 1 unspecified atom stereocenters. The molecule has 2 heterocycles. The fraction of sp³-hybridized carbons (Fsp3) is 0.250. The third-order valence-electron chi connectivity index (χ3n) is 3.26. The lowest BCUT2D eigenvalue weighted by Crippen LogP contribution is -2.23. The lowest BCUT2D eigenvalue weighted by atomic mass is 10.1. The van der Waals surface area contributed by atoms with Crippen molar-refractivity contribution in [2.45, 2.75) is 19.4 Å². The maximum Gasteiger partial charge on any atom is 0.123 e. The Labute approximate surface area is 126 Å². The SMILES string of the molecule is CCCNC(c1cnccn1)c1cc2cc(F)ccc2s1. The second kappa shape index (κ2) is 6.28. The van der Waals surface area contributed by atoms with E-state index < -0.39 is 0 Å². The van der Waals surface area contributed by atoms with E-state index in [2.05, 4.69) is 22.2 Å². The van der Waals surface area contributed by atoms with Crippen LogP contribution in [-0.2, 0) is 0 Å². The predicted octanol–water partition coefficient (Wildman–Crippen LogP) is 3.92. The second-order valence-corrected chi connectivity index (χ2v) is 5.96. The van der Waals surface area contributed by atoms with Crippen molar-refractivity contribution in [3.8, 4) is 0 Å². The third kappa shape index (κ3) is 3.09. The summed E-state index contributed by atoms with van der Waals surface area (Å²) < 4.78 is 14.4. The summed E-state index contributed by atoms with van der Waals surface area (Å²) in [5, 5.41) is 4.42. The van der Waals surface area contributed by atoms with Crippen LogP contribution in [0.25, 0.3) is 10.1 Å². The molecule has 108 valence electrons. The first kappa shape index (κ1) is 14.1. The molecule has 0 spiro atoms. The van der Waals surface area contributed by atoms with E-state index in [0.717, 1.165) is 33.6 Å². The molecule has 3 aromatic rings. The Morgan fingerprint density at radius 1 is 1.29 bits per heavy atom. The van der Waals surface area contributed by atoms with Gasteiger partial charge in [0.05, 0.1) is 17.9 Å². The van der Waals surface area contributed by atoms with Crippen LogP contribution in [0, 0.1) is 5.82 Å². The Balaban J connectivity index is 2.01. The molecule has 0 bridgehead atoms. The van der Waals surface area contributed by atoms with E-state index in [9.17, 15) is 4.39 Å². The summed E-state index contributed by atoms with van der Waals surface area (Å²) in [5.74, 6) is -0.204. The van der Waals surface area contributed by atoms with Crippen molar-refractivity contribution in [1.29, 1.82) is 0 Å². The molecule has 1 atom stereocenters. The molecule has 0 amide bonds. The molecule has 0 aliphatic rings. The standard InChI is InChI=1S/C16H16FN3S/c1-2-5-20-16(13-10-18-6-7-19-13)15-9-11-8-12(17)3-4-14(11)21-15/h3-4,6-10,16,20H,2,5H2,1H3. The van der Waals surface area contributed by atoms with Crippen LogP contribution in [0.4, 0.5) is 4.39 Å². The van der Waals surface area contributed by atoms with Crippen molar-refractivity contribution < 1.29 is 4.39 Å². The average Bonchev–Trinajstić information content (AvgIpc) is 2.91. The van der Waals surface area contributed by atoms with E-state index in [1.165, 1.54) is 6.07 Å². The minimum Gasteiger partial charge on any atom is -0.304 e. The summed E-state index contributed by atoms with van der Waals surface area (Å²) >= 11 is 1.66. The summed E-state index contributed by atoms with van der Waals surface area (Å²) in [5.41, 5.74) is 0.887. The maximum absolute atomic E-state index is 13.3. The van der Waals surface area contributed by atoms with Crippen LogP contribution in [0.1, 0.15) is 30.0 Å². The number of hydrogen-bond acceptors (Lipinski definition) is 4. The van der Waals surface area contributed by atoms with Gasteiger partial charge in [-0.2, -0.15) is 0 Å². The van der Waals surface area contributed by atoms with Crippen molar-refractivity contribution in [3.05, 3.63) is 59.2 Å². The number of benzene rings is 1. The number of halogens is 1. The monoisotopic (exact) mass is 301 g/mol. The molecule has 1 N–H and O–H groups in total. The van der Waals surface area contributed by atoms with Gasteiger partial charge in [0.25, 0.3) is 0 Å². The predicted molar refractivity (Wildman–Crippen MR) is 84.0 cm³/mol. The van der Waals surface area contributed by atoms with Gasteiger partial charge in [-0.25, -0.2) is 4.39 Å². The molecule has 0 saturated carbocycles. The smallest absolute Gasteiger partial charge is 0.123 e. The van der Waals surface area contributed by atoms with Crippen LogP contribution >= 0.6 is 11.3 Å². The summed E-state index contributed by atoms with van der Waals surface area (Å²) in [6, 6.07) is 6.93. The molecule has 0 aliphatic heterocycles. The average molecular weight is 301 g/mol. The van der Waals surface area contributed by atoms with Crippen molar-refractivity contribution in [2.75, 3.05) is 6.54 Å². The van der Waals surface area contributed by atoms with Gasteiger partial charge in [0.2, 0.25) is 0 Å². The zero-order valence-electron chi connectivity index (χ0n) is 11.7. The van der Waals surface area contributed by atoms with Gasteiger partial charge >= 0.3 is 0 Å². The topological polar surface area (TPSA) is 37.8 Å².